The molecule has 17 heavy (non-hydrogen) atoms. The molecule has 2 nitrogen and oxygen atoms in total. The Morgan fingerprint density at radius 3 is 2.71 bits per heavy atom. The molecule has 2 bridgehead atoms. The highest BCUT2D eigenvalue weighted by Crippen LogP contribution is 2.53. The number of hydrogen-bond acceptors (Lipinski definition) is 2. The van der Waals surface area contributed by atoms with Crippen LogP contribution in [0, 0.1) is 17.8 Å². The molecule has 0 spiro atoms. The van der Waals surface area contributed by atoms with Crippen molar-refractivity contribution in [3.05, 3.63) is 0 Å². The van der Waals surface area contributed by atoms with Gasteiger partial charge in [-0.2, -0.15) is 0 Å². The number of hydrogen-bond donors (Lipinski definition) is 1. The minimum atomic E-state index is 0.410. The Kier molecular flexibility index (Phi) is 3.20. The summed E-state index contributed by atoms with van der Waals surface area (Å²) in [5.41, 5.74) is 6.64. The summed E-state index contributed by atoms with van der Waals surface area (Å²) in [7, 11) is 0. The standard InChI is InChI=1S/C15H28N2/c1-12-3-2-7-17(8-6-12)15(11-16)10-13-4-5-14(15)9-13/h12-14H,2-11,16H2,1H3. The van der Waals surface area contributed by atoms with E-state index in [2.05, 4.69) is 11.8 Å². The molecule has 4 unspecified atom stereocenters. The lowest BCUT2D eigenvalue weighted by Gasteiger charge is -2.46. The summed E-state index contributed by atoms with van der Waals surface area (Å²) in [6, 6.07) is 0. The zero-order valence-electron chi connectivity index (χ0n) is 11.3. The first-order valence-corrected chi connectivity index (χ1v) is 7.70. The van der Waals surface area contributed by atoms with Gasteiger partial charge < -0.3 is 5.73 Å². The molecule has 3 aliphatic rings. The summed E-state index contributed by atoms with van der Waals surface area (Å²) >= 11 is 0. The van der Waals surface area contributed by atoms with Gasteiger partial charge in [0.15, 0.2) is 0 Å². The van der Waals surface area contributed by atoms with Gasteiger partial charge in [0.2, 0.25) is 0 Å². The van der Waals surface area contributed by atoms with Crippen LogP contribution < -0.4 is 5.73 Å². The maximum Gasteiger partial charge on any atom is 0.0362 e. The molecule has 3 fully saturated rings. The topological polar surface area (TPSA) is 29.3 Å². The van der Waals surface area contributed by atoms with Gasteiger partial charge in [0, 0.05) is 12.1 Å². The zero-order chi connectivity index (χ0) is 11.9. The van der Waals surface area contributed by atoms with E-state index < -0.39 is 0 Å². The Hall–Kier alpha value is -0.0800. The fourth-order valence-corrected chi connectivity index (χ4v) is 4.89. The van der Waals surface area contributed by atoms with Crippen molar-refractivity contribution in [2.75, 3.05) is 19.6 Å². The molecule has 1 saturated heterocycles. The molecule has 2 heteroatoms. The van der Waals surface area contributed by atoms with Crippen molar-refractivity contribution in [2.45, 2.75) is 57.4 Å². The minimum Gasteiger partial charge on any atom is -0.329 e. The van der Waals surface area contributed by atoms with Crippen LogP contribution in [0.2, 0.25) is 0 Å². The molecular weight excluding hydrogens is 208 g/mol. The normalized spacial score (nSPS) is 47.3. The van der Waals surface area contributed by atoms with Crippen LogP contribution in [0.5, 0.6) is 0 Å². The fraction of sp³-hybridized carbons (Fsp3) is 1.00. The molecule has 3 rings (SSSR count). The second-order valence-corrected chi connectivity index (χ2v) is 6.91. The van der Waals surface area contributed by atoms with Crippen molar-refractivity contribution in [2.24, 2.45) is 23.5 Å². The summed E-state index contributed by atoms with van der Waals surface area (Å²) in [5.74, 6) is 2.85. The van der Waals surface area contributed by atoms with Gasteiger partial charge in [-0.15, -0.1) is 0 Å². The van der Waals surface area contributed by atoms with Crippen molar-refractivity contribution in [1.82, 2.24) is 4.90 Å². The SMILES string of the molecule is CC1CCCN(C2(CN)CC3CCC2C3)CC1. The van der Waals surface area contributed by atoms with E-state index in [0.29, 0.717) is 5.54 Å². The molecule has 0 aromatic carbocycles. The van der Waals surface area contributed by atoms with Gasteiger partial charge in [-0.05, 0) is 69.4 Å². The zero-order valence-corrected chi connectivity index (χ0v) is 11.3. The van der Waals surface area contributed by atoms with Gasteiger partial charge in [-0.1, -0.05) is 13.3 Å². The Labute approximate surface area is 106 Å². The first kappa shape index (κ1) is 12.0. The second kappa shape index (κ2) is 4.55. The van der Waals surface area contributed by atoms with Crippen molar-refractivity contribution in [3.8, 4) is 0 Å². The lowest BCUT2D eigenvalue weighted by molar-refractivity contribution is 0.0438. The van der Waals surface area contributed by atoms with E-state index >= 15 is 0 Å². The van der Waals surface area contributed by atoms with Crippen LogP contribution in [0.4, 0.5) is 0 Å². The van der Waals surface area contributed by atoms with Crippen LogP contribution in [-0.2, 0) is 0 Å². The highest BCUT2D eigenvalue weighted by Gasteiger charge is 2.53. The Balaban J connectivity index is 1.76. The lowest BCUT2D eigenvalue weighted by atomic mass is 9.79. The third kappa shape index (κ3) is 1.94. The molecule has 2 N–H and O–H groups in total. The quantitative estimate of drug-likeness (QED) is 0.798. The van der Waals surface area contributed by atoms with Crippen molar-refractivity contribution in [1.29, 1.82) is 0 Å². The summed E-state index contributed by atoms with van der Waals surface area (Å²) in [6.07, 6.45) is 10.0. The molecule has 1 heterocycles. The number of likely N-dealkylation sites (tertiary alicyclic amines) is 1. The molecule has 2 saturated carbocycles. The van der Waals surface area contributed by atoms with E-state index in [4.69, 9.17) is 5.73 Å². The van der Waals surface area contributed by atoms with E-state index in [9.17, 15) is 0 Å². The van der Waals surface area contributed by atoms with Crippen LogP contribution in [0.15, 0.2) is 0 Å². The molecule has 0 amide bonds. The monoisotopic (exact) mass is 236 g/mol. The molecule has 0 radical (unpaired) electrons. The molecule has 2 aliphatic carbocycles. The Morgan fingerprint density at radius 1 is 1.18 bits per heavy atom. The predicted molar refractivity (Wildman–Crippen MR) is 71.8 cm³/mol. The Bertz CT molecular complexity index is 278. The molecule has 98 valence electrons. The van der Waals surface area contributed by atoms with Crippen molar-refractivity contribution < 1.29 is 0 Å². The maximum absolute atomic E-state index is 6.23. The van der Waals surface area contributed by atoms with E-state index in [1.54, 1.807) is 0 Å². The molecule has 0 aromatic heterocycles. The van der Waals surface area contributed by atoms with Gasteiger partial charge >= 0.3 is 0 Å². The van der Waals surface area contributed by atoms with Gasteiger partial charge in [0.05, 0.1) is 0 Å². The van der Waals surface area contributed by atoms with Crippen LogP contribution in [0.3, 0.4) is 0 Å². The van der Waals surface area contributed by atoms with Crippen LogP contribution >= 0.6 is 0 Å². The summed E-state index contributed by atoms with van der Waals surface area (Å²) < 4.78 is 0. The number of nitrogens with two attached hydrogens (primary N) is 1. The van der Waals surface area contributed by atoms with E-state index in [1.807, 2.05) is 0 Å². The molecule has 4 atom stereocenters. The average Bonchev–Trinajstić information content (AvgIpc) is 2.87. The van der Waals surface area contributed by atoms with Gasteiger partial charge in [0.25, 0.3) is 0 Å². The number of fused-ring (bicyclic) bond motifs is 2. The van der Waals surface area contributed by atoms with Crippen LogP contribution in [0.25, 0.3) is 0 Å². The molecule has 0 aromatic rings. The van der Waals surface area contributed by atoms with Gasteiger partial charge in [-0.25, -0.2) is 0 Å². The third-order valence-electron chi connectivity index (χ3n) is 5.94. The fourth-order valence-electron chi connectivity index (χ4n) is 4.89. The second-order valence-electron chi connectivity index (χ2n) is 6.91. The first-order chi connectivity index (χ1) is 8.24. The smallest absolute Gasteiger partial charge is 0.0362 e. The number of nitrogens with zero attached hydrogens (tertiary/aromatic N) is 1. The van der Waals surface area contributed by atoms with E-state index in [1.165, 1.54) is 58.0 Å². The average molecular weight is 236 g/mol. The largest absolute Gasteiger partial charge is 0.329 e. The molecule has 1 aliphatic heterocycles. The van der Waals surface area contributed by atoms with Gasteiger partial charge in [0.1, 0.15) is 0 Å². The van der Waals surface area contributed by atoms with Crippen molar-refractivity contribution >= 4 is 0 Å². The third-order valence-corrected chi connectivity index (χ3v) is 5.94. The number of rotatable bonds is 2. The van der Waals surface area contributed by atoms with Crippen molar-refractivity contribution in [3.63, 3.8) is 0 Å². The summed E-state index contributed by atoms with van der Waals surface area (Å²) in [5, 5.41) is 0. The maximum atomic E-state index is 6.23. The predicted octanol–water partition coefficient (Wildman–Crippen LogP) is 2.63. The van der Waals surface area contributed by atoms with Crippen LogP contribution in [-0.4, -0.2) is 30.1 Å². The highest BCUT2D eigenvalue weighted by atomic mass is 15.2. The minimum absolute atomic E-state index is 0.410. The first-order valence-electron chi connectivity index (χ1n) is 7.70. The lowest BCUT2D eigenvalue weighted by Crippen LogP contribution is -2.57. The Morgan fingerprint density at radius 2 is 2.06 bits per heavy atom. The highest BCUT2D eigenvalue weighted by molar-refractivity contribution is 5.08. The molecular formula is C15H28N2. The van der Waals surface area contributed by atoms with Gasteiger partial charge in [-0.3, -0.25) is 4.90 Å². The van der Waals surface area contributed by atoms with Crippen LogP contribution in [0.1, 0.15) is 51.9 Å². The summed E-state index contributed by atoms with van der Waals surface area (Å²) in [4.78, 5) is 2.81. The summed E-state index contributed by atoms with van der Waals surface area (Å²) in [6.45, 7) is 5.94. The van der Waals surface area contributed by atoms with E-state index in [0.717, 1.165) is 24.3 Å². The van der Waals surface area contributed by atoms with E-state index in [-0.39, 0.29) is 0 Å².